The number of ether oxygens (including phenoxy) is 2. The lowest BCUT2D eigenvalue weighted by molar-refractivity contribution is -0.125. The van der Waals surface area contributed by atoms with Crippen molar-refractivity contribution in [1.82, 2.24) is 0 Å². The Morgan fingerprint density at radius 3 is 2.62 bits per heavy atom. The quantitative estimate of drug-likeness (QED) is 0.915. The van der Waals surface area contributed by atoms with Crippen molar-refractivity contribution in [2.24, 2.45) is 0 Å². The zero-order valence-electron chi connectivity index (χ0n) is 10.8. The highest BCUT2D eigenvalue weighted by molar-refractivity contribution is 6.42. The van der Waals surface area contributed by atoms with Crippen LogP contribution in [0.2, 0.25) is 10.0 Å². The van der Waals surface area contributed by atoms with Crippen molar-refractivity contribution in [2.75, 3.05) is 11.9 Å². The summed E-state index contributed by atoms with van der Waals surface area (Å²) in [6.07, 6.45) is -0.714. The number of benzene rings is 2. The molecule has 1 N–H and O–H groups in total. The minimum atomic E-state index is -0.714. The van der Waals surface area contributed by atoms with Crippen LogP contribution < -0.4 is 14.8 Å². The number of carbonyl (C=O) groups is 1. The number of halogens is 2. The third kappa shape index (κ3) is 3.06. The monoisotopic (exact) mass is 323 g/mol. The summed E-state index contributed by atoms with van der Waals surface area (Å²) >= 11 is 11.7. The van der Waals surface area contributed by atoms with Crippen molar-refractivity contribution >= 4 is 34.8 Å². The van der Waals surface area contributed by atoms with Crippen LogP contribution in [0.25, 0.3) is 0 Å². The molecule has 6 heteroatoms. The molecule has 0 saturated carbocycles. The Bertz CT molecular complexity index is 690. The third-order valence-electron chi connectivity index (χ3n) is 2.99. The maximum atomic E-state index is 12.2. The summed E-state index contributed by atoms with van der Waals surface area (Å²) in [6.45, 7) is 0.157. The number of hydrogen-bond donors (Lipinski definition) is 1. The predicted molar refractivity (Wildman–Crippen MR) is 81.4 cm³/mol. The van der Waals surface area contributed by atoms with Crippen molar-refractivity contribution in [3.05, 3.63) is 52.5 Å². The molecular formula is C15H11Cl2NO3. The molecule has 21 heavy (non-hydrogen) atoms. The van der Waals surface area contributed by atoms with Crippen molar-refractivity contribution < 1.29 is 14.3 Å². The van der Waals surface area contributed by atoms with Crippen molar-refractivity contribution in [3.8, 4) is 11.5 Å². The van der Waals surface area contributed by atoms with Crippen LogP contribution in [0.5, 0.6) is 11.5 Å². The second-order valence-electron chi connectivity index (χ2n) is 4.48. The highest BCUT2D eigenvalue weighted by Gasteiger charge is 2.27. The number of carbonyl (C=O) groups excluding carboxylic acids is 1. The van der Waals surface area contributed by atoms with Crippen LogP contribution in [0.1, 0.15) is 0 Å². The van der Waals surface area contributed by atoms with Crippen molar-refractivity contribution in [3.63, 3.8) is 0 Å². The zero-order valence-corrected chi connectivity index (χ0v) is 12.3. The lowest BCUT2D eigenvalue weighted by Gasteiger charge is -2.25. The van der Waals surface area contributed by atoms with Gasteiger partial charge in [0.25, 0.3) is 5.91 Å². The predicted octanol–water partition coefficient (Wildman–Crippen LogP) is 3.77. The van der Waals surface area contributed by atoms with E-state index >= 15 is 0 Å². The first-order valence-corrected chi connectivity index (χ1v) is 7.03. The smallest absolute Gasteiger partial charge is 0.269 e. The lowest BCUT2D eigenvalue weighted by Crippen LogP contribution is -2.40. The Morgan fingerprint density at radius 2 is 1.86 bits per heavy atom. The van der Waals surface area contributed by atoms with Gasteiger partial charge in [-0.3, -0.25) is 4.79 Å². The Morgan fingerprint density at radius 1 is 1.10 bits per heavy atom. The zero-order chi connectivity index (χ0) is 14.8. The van der Waals surface area contributed by atoms with Crippen LogP contribution in [0.4, 0.5) is 5.69 Å². The fourth-order valence-electron chi connectivity index (χ4n) is 1.95. The van der Waals surface area contributed by atoms with E-state index in [1.165, 1.54) is 0 Å². The van der Waals surface area contributed by atoms with Crippen molar-refractivity contribution in [2.45, 2.75) is 6.10 Å². The summed E-state index contributed by atoms with van der Waals surface area (Å²) in [5.74, 6) is 0.886. The van der Waals surface area contributed by atoms with Gasteiger partial charge >= 0.3 is 0 Å². The molecule has 2 aromatic carbocycles. The molecule has 0 aromatic heterocycles. The van der Waals surface area contributed by atoms with Gasteiger partial charge in [-0.2, -0.15) is 0 Å². The molecule has 0 bridgehead atoms. The normalized spacial score (nSPS) is 16.4. The van der Waals surface area contributed by atoms with Crippen LogP contribution in [0, 0.1) is 0 Å². The van der Waals surface area contributed by atoms with Gasteiger partial charge in [0.05, 0.1) is 10.0 Å². The lowest BCUT2D eigenvalue weighted by atomic mass is 10.2. The molecule has 0 aliphatic carbocycles. The van der Waals surface area contributed by atoms with E-state index in [1.807, 2.05) is 12.1 Å². The average Bonchev–Trinajstić information content (AvgIpc) is 2.50. The first kappa shape index (κ1) is 14.0. The summed E-state index contributed by atoms with van der Waals surface area (Å²) in [6, 6.07) is 12.1. The van der Waals surface area contributed by atoms with E-state index in [-0.39, 0.29) is 12.5 Å². The van der Waals surface area contributed by atoms with Gasteiger partial charge in [-0.05, 0) is 30.3 Å². The summed E-state index contributed by atoms with van der Waals surface area (Å²) < 4.78 is 11.1. The molecule has 0 radical (unpaired) electrons. The second-order valence-corrected chi connectivity index (χ2v) is 5.30. The molecule has 1 aliphatic rings. The molecule has 1 atom stereocenters. The molecule has 108 valence electrons. The van der Waals surface area contributed by atoms with Gasteiger partial charge in [0.15, 0.2) is 11.5 Å². The molecule has 1 aliphatic heterocycles. The number of nitrogens with one attached hydrogen (secondary N) is 1. The Balaban J connectivity index is 1.70. The van der Waals surface area contributed by atoms with E-state index in [2.05, 4.69) is 5.32 Å². The molecular weight excluding hydrogens is 313 g/mol. The molecule has 1 heterocycles. The van der Waals surface area contributed by atoms with E-state index in [4.69, 9.17) is 32.7 Å². The number of hydrogen-bond acceptors (Lipinski definition) is 3. The topological polar surface area (TPSA) is 47.6 Å². The van der Waals surface area contributed by atoms with E-state index in [0.717, 1.165) is 0 Å². The minimum Gasteiger partial charge on any atom is -0.485 e. The maximum Gasteiger partial charge on any atom is 0.269 e. The SMILES string of the molecule is O=C(Nc1ccc(Cl)c(Cl)c1)C1COc2ccccc2O1. The molecule has 4 nitrogen and oxygen atoms in total. The molecule has 0 spiro atoms. The van der Waals surface area contributed by atoms with Crippen molar-refractivity contribution in [1.29, 1.82) is 0 Å². The molecule has 3 rings (SSSR count). The number of rotatable bonds is 2. The molecule has 0 saturated heterocycles. The van der Waals surface area contributed by atoms with E-state index in [1.54, 1.807) is 30.3 Å². The number of fused-ring (bicyclic) bond motifs is 1. The van der Waals surface area contributed by atoms with Crippen LogP contribution >= 0.6 is 23.2 Å². The highest BCUT2D eigenvalue weighted by Crippen LogP contribution is 2.31. The average molecular weight is 324 g/mol. The first-order valence-electron chi connectivity index (χ1n) is 6.28. The fraction of sp³-hybridized carbons (Fsp3) is 0.133. The Hall–Kier alpha value is -1.91. The summed E-state index contributed by atoms with van der Waals surface area (Å²) in [5, 5.41) is 3.53. The number of anilines is 1. The second kappa shape index (κ2) is 5.84. The summed E-state index contributed by atoms with van der Waals surface area (Å²) in [7, 11) is 0. The molecule has 2 aromatic rings. The molecule has 0 fully saturated rings. The van der Waals surface area contributed by atoms with Gasteiger partial charge in [0.1, 0.15) is 6.61 Å². The maximum absolute atomic E-state index is 12.2. The molecule has 1 unspecified atom stereocenters. The van der Waals surface area contributed by atoms with Gasteiger partial charge in [0.2, 0.25) is 6.10 Å². The summed E-state index contributed by atoms with van der Waals surface area (Å²) in [4.78, 5) is 12.2. The minimum absolute atomic E-state index is 0.157. The Labute approximate surface area is 131 Å². The number of para-hydroxylation sites is 2. The Kier molecular flexibility index (Phi) is 3.90. The number of amides is 1. The van der Waals surface area contributed by atoms with Gasteiger partial charge in [-0.15, -0.1) is 0 Å². The summed E-state index contributed by atoms with van der Waals surface area (Å²) in [5.41, 5.74) is 0.553. The van der Waals surface area contributed by atoms with Crippen LogP contribution in [-0.4, -0.2) is 18.6 Å². The highest BCUT2D eigenvalue weighted by atomic mass is 35.5. The fourth-order valence-corrected chi connectivity index (χ4v) is 2.24. The van der Waals surface area contributed by atoms with E-state index < -0.39 is 6.10 Å². The molecule has 1 amide bonds. The third-order valence-corrected chi connectivity index (χ3v) is 3.73. The van der Waals surface area contributed by atoms with Gasteiger partial charge < -0.3 is 14.8 Å². The van der Waals surface area contributed by atoms with Gasteiger partial charge in [-0.1, -0.05) is 35.3 Å². The van der Waals surface area contributed by atoms with Crippen LogP contribution in [0.15, 0.2) is 42.5 Å². The van der Waals surface area contributed by atoms with E-state index in [9.17, 15) is 4.79 Å². The van der Waals surface area contributed by atoms with Crippen LogP contribution in [-0.2, 0) is 4.79 Å². The van der Waals surface area contributed by atoms with Gasteiger partial charge in [-0.25, -0.2) is 0 Å². The standard InChI is InChI=1S/C15H11Cl2NO3/c16-10-6-5-9(7-11(10)17)18-15(19)14-8-20-12-3-1-2-4-13(12)21-14/h1-7,14H,8H2,(H,18,19). The van der Waals surface area contributed by atoms with Gasteiger partial charge in [0, 0.05) is 5.69 Å². The van der Waals surface area contributed by atoms with E-state index in [0.29, 0.717) is 27.2 Å². The van der Waals surface area contributed by atoms with Crippen LogP contribution in [0.3, 0.4) is 0 Å². The largest absolute Gasteiger partial charge is 0.485 e. The first-order chi connectivity index (χ1) is 10.1.